The number of carbonyl (C=O) groups excluding carboxylic acids is 1. The van der Waals surface area contributed by atoms with Crippen LogP contribution in [-0.2, 0) is 11.3 Å². The van der Waals surface area contributed by atoms with Crippen molar-refractivity contribution in [1.29, 1.82) is 0 Å². The van der Waals surface area contributed by atoms with Gasteiger partial charge >= 0.3 is 0 Å². The van der Waals surface area contributed by atoms with Gasteiger partial charge in [-0.3, -0.25) is 9.48 Å². The first-order chi connectivity index (χ1) is 11.0. The zero-order valence-electron chi connectivity index (χ0n) is 13.1. The molecule has 0 saturated carbocycles. The molecule has 4 nitrogen and oxygen atoms in total. The van der Waals surface area contributed by atoms with Crippen LogP contribution in [0.3, 0.4) is 0 Å². The number of nitrogens with zero attached hydrogens (tertiary/aromatic N) is 2. The first-order valence-corrected chi connectivity index (χ1v) is 8.30. The first-order valence-electron chi connectivity index (χ1n) is 7.31. The maximum atomic E-state index is 13.4. The van der Waals surface area contributed by atoms with Gasteiger partial charge in [-0.05, 0) is 38.5 Å². The fraction of sp³-hybridized carbons (Fsp3) is 0.375. The van der Waals surface area contributed by atoms with E-state index in [-0.39, 0.29) is 16.6 Å². The fourth-order valence-electron chi connectivity index (χ4n) is 2.14. The third-order valence-electron chi connectivity index (χ3n) is 3.22. The Morgan fingerprint density at radius 1 is 1.30 bits per heavy atom. The highest BCUT2D eigenvalue weighted by Gasteiger charge is 2.08. The van der Waals surface area contributed by atoms with Crippen molar-refractivity contribution in [3.05, 3.63) is 47.3 Å². The number of carbonyl (C=O) groups is 1. The molecule has 0 unspecified atom stereocenters. The molecular formula is C16H19F2N3OS. The second-order valence-corrected chi connectivity index (χ2v) is 6.23. The molecule has 0 aliphatic rings. The van der Waals surface area contributed by atoms with Gasteiger partial charge in [0.05, 0.1) is 11.4 Å². The fourth-order valence-corrected chi connectivity index (χ4v) is 2.89. The highest BCUT2D eigenvalue weighted by molar-refractivity contribution is 8.00. The molecule has 2 aromatic rings. The van der Waals surface area contributed by atoms with Gasteiger partial charge in [0, 0.05) is 29.7 Å². The predicted molar refractivity (Wildman–Crippen MR) is 86.4 cm³/mol. The maximum Gasteiger partial charge on any atom is 0.230 e. The van der Waals surface area contributed by atoms with Crippen molar-refractivity contribution in [1.82, 2.24) is 15.1 Å². The van der Waals surface area contributed by atoms with Crippen LogP contribution in [0, 0.1) is 25.5 Å². The van der Waals surface area contributed by atoms with Gasteiger partial charge in [-0.15, -0.1) is 11.8 Å². The molecule has 7 heteroatoms. The number of hydrogen-bond donors (Lipinski definition) is 1. The predicted octanol–water partition coefficient (Wildman–Crippen LogP) is 3.08. The number of nitrogens with one attached hydrogen (secondary N) is 1. The minimum atomic E-state index is -0.646. The Labute approximate surface area is 138 Å². The smallest absolute Gasteiger partial charge is 0.230 e. The summed E-state index contributed by atoms with van der Waals surface area (Å²) in [5.74, 6) is -1.34. The molecule has 0 aliphatic heterocycles. The summed E-state index contributed by atoms with van der Waals surface area (Å²) in [7, 11) is 0. The molecule has 0 atom stereocenters. The molecule has 1 amide bonds. The lowest BCUT2D eigenvalue weighted by Gasteiger charge is -2.07. The van der Waals surface area contributed by atoms with Crippen LogP contribution in [0.2, 0.25) is 0 Å². The molecule has 1 heterocycles. The van der Waals surface area contributed by atoms with Crippen molar-refractivity contribution in [2.75, 3.05) is 12.3 Å². The van der Waals surface area contributed by atoms with E-state index < -0.39 is 11.6 Å². The van der Waals surface area contributed by atoms with Gasteiger partial charge in [-0.25, -0.2) is 8.78 Å². The Kier molecular flexibility index (Phi) is 6.15. The number of aromatic nitrogens is 2. The van der Waals surface area contributed by atoms with E-state index >= 15 is 0 Å². The Morgan fingerprint density at radius 3 is 2.74 bits per heavy atom. The molecule has 0 spiro atoms. The summed E-state index contributed by atoms with van der Waals surface area (Å²) in [4.78, 5) is 12.0. The minimum absolute atomic E-state index is 0.0997. The second-order valence-electron chi connectivity index (χ2n) is 5.22. The number of aryl methyl sites for hydroxylation is 3. The number of halogens is 2. The Hall–Kier alpha value is -1.89. The second kappa shape index (κ2) is 8.10. The summed E-state index contributed by atoms with van der Waals surface area (Å²) in [6, 6.07) is 5.34. The quantitative estimate of drug-likeness (QED) is 0.623. The SMILES string of the molecule is Cc1cc(C)n(CCCNC(=O)CSc2ccc(F)cc2F)n1. The molecule has 0 fully saturated rings. The normalized spacial score (nSPS) is 10.8. The average molecular weight is 339 g/mol. The van der Waals surface area contributed by atoms with E-state index in [9.17, 15) is 13.6 Å². The molecule has 0 bridgehead atoms. The van der Waals surface area contributed by atoms with E-state index in [0.717, 1.165) is 42.2 Å². The van der Waals surface area contributed by atoms with Crippen molar-refractivity contribution < 1.29 is 13.6 Å². The van der Waals surface area contributed by atoms with Gasteiger partial charge in [-0.2, -0.15) is 5.10 Å². The molecule has 1 aromatic carbocycles. The maximum absolute atomic E-state index is 13.4. The van der Waals surface area contributed by atoms with E-state index in [1.165, 1.54) is 12.1 Å². The summed E-state index contributed by atoms with van der Waals surface area (Å²) < 4.78 is 28.1. The molecular weight excluding hydrogens is 320 g/mol. The number of amides is 1. The highest BCUT2D eigenvalue weighted by Crippen LogP contribution is 2.21. The molecule has 1 N–H and O–H groups in total. The lowest BCUT2D eigenvalue weighted by molar-refractivity contribution is -0.118. The number of thioether (sulfide) groups is 1. The molecule has 0 aliphatic carbocycles. The summed E-state index contributed by atoms with van der Waals surface area (Å²) >= 11 is 1.05. The van der Waals surface area contributed by atoms with Crippen LogP contribution in [0.25, 0.3) is 0 Å². The molecule has 1 aromatic heterocycles. The van der Waals surface area contributed by atoms with Crippen LogP contribution in [0.5, 0.6) is 0 Å². The van der Waals surface area contributed by atoms with Crippen LogP contribution in [0.1, 0.15) is 17.8 Å². The van der Waals surface area contributed by atoms with Crippen LogP contribution in [0.15, 0.2) is 29.2 Å². The third-order valence-corrected chi connectivity index (χ3v) is 4.27. The lowest BCUT2D eigenvalue weighted by Crippen LogP contribution is -2.27. The summed E-state index contributed by atoms with van der Waals surface area (Å²) in [5.41, 5.74) is 2.07. The summed E-state index contributed by atoms with van der Waals surface area (Å²) in [6.07, 6.45) is 0.767. The topological polar surface area (TPSA) is 46.9 Å². The van der Waals surface area contributed by atoms with Gasteiger partial charge < -0.3 is 5.32 Å². The Balaban J connectivity index is 1.68. The highest BCUT2D eigenvalue weighted by atomic mass is 32.2. The van der Waals surface area contributed by atoms with Gasteiger partial charge in [0.15, 0.2) is 0 Å². The molecule has 124 valence electrons. The van der Waals surface area contributed by atoms with Gasteiger partial charge in [0.25, 0.3) is 0 Å². The lowest BCUT2D eigenvalue weighted by atomic mass is 10.3. The number of benzene rings is 1. The molecule has 0 radical (unpaired) electrons. The van der Waals surface area contributed by atoms with Crippen LogP contribution in [0.4, 0.5) is 8.78 Å². The van der Waals surface area contributed by atoms with E-state index in [1.54, 1.807) is 0 Å². The summed E-state index contributed by atoms with van der Waals surface area (Å²) in [6.45, 7) is 5.20. The van der Waals surface area contributed by atoms with Crippen molar-refractivity contribution in [3.8, 4) is 0 Å². The van der Waals surface area contributed by atoms with Gasteiger partial charge in [-0.1, -0.05) is 0 Å². The van der Waals surface area contributed by atoms with Crippen molar-refractivity contribution in [2.24, 2.45) is 0 Å². The van der Waals surface area contributed by atoms with E-state index in [2.05, 4.69) is 10.4 Å². The molecule has 0 saturated heterocycles. The number of hydrogen-bond acceptors (Lipinski definition) is 3. The van der Waals surface area contributed by atoms with Crippen LogP contribution >= 0.6 is 11.8 Å². The van der Waals surface area contributed by atoms with Crippen molar-refractivity contribution in [3.63, 3.8) is 0 Å². The van der Waals surface area contributed by atoms with Crippen LogP contribution < -0.4 is 5.32 Å². The first kappa shape index (κ1) is 17.5. The van der Waals surface area contributed by atoms with Gasteiger partial charge in [0.2, 0.25) is 5.91 Å². The minimum Gasteiger partial charge on any atom is -0.355 e. The van der Waals surface area contributed by atoms with Crippen molar-refractivity contribution in [2.45, 2.75) is 31.7 Å². The molecule has 2 rings (SSSR count). The zero-order valence-corrected chi connectivity index (χ0v) is 13.9. The van der Waals surface area contributed by atoms with E-state index in [1.807, 2.05) is 24.6 Å². The Morgan fingerprint density at radius 2 is 2.09 bits per heavy atom. The monoisotopic (exact) mass is 339 g/mol. The number of rotatable bonds is 7. The standard InChI is InChI=1S/C16H19F2N3OS/c1-11-8-12(2)21(20-11)7-3-6-19-16(22)10-23-15-5-4-13(17)9-14(15)18/h4-5,8-9H,3,6-7,10H2,1-2H3,(H,19,22). The van der Waals surface area contributed by atoms with Crippen LogP contribution in [-0.4, -0.2) is 28.0 Å². The Bertz CT molecular complexity index is 688. The average Bonchev–Trinajstić information content (AvgIpc) is 2.80. The van der Waals surface area contributed by atoms with E-state index in [0.29, 0.717) is 6.54 Å². The van der Waals surface area contributed by atoms with E-state index in [4.69, 9.17) is 0 Å². The van der Waals surface area contributed by atoms with Crippen molar-refractivity contribution >= 4 is 17.7 Å². The zero-order chi connectivity index (χ0) is 16.8. The molecule has 23 heavy (non-hydrogen) atoms. The largest absolute Gasteiger partial charge is 0.355 e. The summed E-state index contributed by atoms with van der Waals surface area (Å²) in [5, 5.41) is 7.13. The van der Waals surface area contributed by atoms with Gasteiger partial charge in [0.1, 0.15) is 11.6 Å². The third kappa shape index (κ3) is 5.35.